The van der Waals surface area contributed by atoms with Crippen molar-refractivity contribution in [2.75, 3.05) is 0 Å². The minimum atomic E-state index is -4.10. The minimum absolute atomic E-state index is 0.0651. The maximum atomic E-state index is 9.37. The van der Waals surface area contributed by atoms with Crippen LogP contribution in [0.4, 0.5) is 0 Å². The Balaban J connectivity index is 3.85. The van der Waals surface area contributed by atoms with Gasteiger partial charge in [-0.2, -0.15) is 0 Å². The van der Waals surface area contributed by atoms with E-state index < -0.39 is 10.4 Å². The standard InChI is InChI=1S/H2O4S.Sb.2H/c1-5(2,3)4;;;/h(H2,1,2,3,4);;;/q;+1;;/p-1. The average molecular weight is 221 g/mol. The molecule has 4 nitrogen and oxygen atoms in total. The van der Waals surface area contributed by atoms with E-state index in [4.69, 9.17) is 4.55 Å². The van der Waals surface area contributed by atoms with E-state index in [0.717, 1.165) is 0 Å². The maximum absolute atomic E-state index is 9.37. The van der Waals surface area contributed by atoms with Crippen LogP contribution in [0, 0.1) is 0 Å². The summed E-state index contributed by atoms with van der Waals surface area (Å²) >= 11 is 0.0651. The van der Waals surface area contributed by atoms with Crippen LogP contribution in [0.2, 0.25) is 0 Å². The van der Waals surface area contributed by atoms with Crippen LogP contribution in [0.3, 0.4) is 0 Å². The Kier molecular flexibility index (Phi) is 2.36. The Morgan fingerprint density at radius 3 is 1.83 bits per heavy atom. The normalized spacial score (nSPS) is 11.7. The first kappa shape index (κ1) is 6.69. The van der Waals surface area contributed by atoms with Gasteiger partial charge in [0.05, 0.1) is 0 Å². The summed E-state index contributed by atoms with van der Waals surface area (Å²) in [5.74, 6) is 0. The second-order valence-corrected chi connectivity index (χ2v) is 3.22. The van der Waals surface area contributed by atoms with E-state index in [-0.39, 0.29) is 23.4 Å². The van der Waals surface area contributed by atoms with Gasteiger partial charge in [-0.25, -0.2) is 0 Å². The van der Waals surface area contributed by atoms with Crippen molar-refractivity contribution in [1.29, 1.82) is 0 Å². The molecule has 0 atom stereocenters. The van der Waals surface area contributed by atoms with E-state index in [2.05, 4.69) is 2.46 Å². The SMILES string of the molecule is O=S(=O)(O)[O][SbH2]. The summed E-state index contributed by atoms with van der Waals surface area (Å²) in [5.41, 5.74) is 0. The number of hydrogen-bond acceptors (Lipinski definition) is 3. The third-order valence-electron chi connectivity index (χ3n) is 0.122. The fourth-order valence-corrected chi connectivity index (χ4v) is 0. The van der Waals surface area contributed by atoms with Crippen molar-refractivity contribution in [1.82, 2.24) is 0 Å². The van der Waals surface area contributed by atoms with Gasteiger partial charge in [0.1, 0.15) is 0 Å². The second-order valence-electron chi connectivity index (χ2n) is 0.524. The molecule has 0 aliphatic heterocycles. The molecule has 0 aromatic heterocycles. The van der Waals surface area contributed by atoms with Crippen molar-refractivity contribution in [3.05, 3.63) is 0 Å². The Bertz CT molecular complexity index is 110. The molecule has 0 aliphatic rings. The molecule has 0 rings (SSSR count). The average Bonchev–Trinajstić information content (AvgIpc) is 1.35. The first-order chi connectivity index (χ1) is 2.56. The second kappa shape index (κ2) is 2.12. The van der Waals surface area contributed by atoms with Crippen LogP contribution in [0.5, 0.6) is 0 Å². The van der Waals surface area contributed by atoms with Crippen molar-refractivity contribution >= 4 is 33.8 Å². The number of hydrogen-bond donors (Lipinski definition) is 1. The predicted molar refractivity (Wildman–Crippen MR) is 21.2 cm³/mol. The first-order valence-electron chi connectivity index (χ1n) is 0.918. The molecule has 0 saturated carbocycles. The zero-order chi connectivity index (χ0) is 5.21. The Labute approximate surface area is 49.5 Å². The molecule has 0 fully saturated rings. The third kappa shape index (κ3) is 4.69. The van der Waals surface area contributed by atoms with Gasteiger partial charge >= 0.3 is 49.3 Å². The van der Waals surface area contributed by atoms with Crippen LogP contribution < -0.4 is 0 Å². The van der Waals surface area contributed by atoms with E-state index >= 15 is 0 Å². The third-order valence-corrected chi connectivity index (χ3v) is 2.45. The van der Waals surface area contributed by atoms with Crippen LogP contribution in [-0.2, 0) is 12.9 Å². The fraction of sp³-hybridized carbons (Fsp3) is 0. The Morgan fingerprint density at radius 2 is 1.83 bits per heavy atom. The van der Waals surface area contributed by atoms with Gasteiger partial charge in [-0.1, -0.05) is 0 Å². The predicted octanol–water partition coefficient (Wildman–Crippen LogP) is -1.65. The van der Waals surface area contributed by atoms with Gasteiger partial charge in [0.2, 0.25) is 0 Å². The molecule has 0 heterocycles. The summed E-state index contributed by atoms with van der Waals surface area (Å²) < 4.78 is 29.9. The van der Waals surface area contributed by atoms with Crippen molar-refractivity contribution in [2.24, 2.45) is 0 Å². The van der Waals surface area contributed by atoms with E-state index in [1.807, 2.05) is 0 Å². The van der Waals surface area contributed by atoms with Gasteiger partial charge in [0, 0.05) is 0 Å². The van der Waals surface area contributed by atoms with Crippen LogP contribution in [0.15, 0.2) is 0 Å². The van der Waals surface area contributed by atoms with Gasteiger partial charge < -0.3 is 0 Å². The molecule has 0 aromatic carbocycles. The quantitative estimate of drug-likeness (QED) is 0.425. The monoisotopic (exact) mass is 220 g/mol. The summed E-state index contributed by atoms with van der Waals surface area (Å²) in [6.45, 7) is 0. The molecule has 38 valence electrons. The molecule has 1 N–H and O–H groups in total. The van der Waals surface area contributed by atoms with Gasteiger partial charge in [-0.05, 0) is 0 Å². The van der Waals surface area contributed by atoms with Crippen molar-refractivity contribution in [3.8, 4) is 0 Å². The molecule has 0 radical (unpaired) electrons. The molecule has 6 heavy (non-hydrogen) atoms. The molecular formula is H3O4SSb. The van der Waals surface area contributed by atoms with Crippen molar-refractivity contribution in [2.45, 2.75) is 0 Å². The van der Waals surface area contributed by atoms with E-state index in [9.17, 15) is 8.42 Å². The molecule has 6 heteroatoms. The van der Waals surface area contributed by atoms with Crippen LogP contribution in [0.1, 0.15) is 0 Å². The molecule has 0 aromatic rings. The molecule has 0 aliphatic carbocycles. The summed E-state index contributed by atoms with van der Waals surface area (Å²) in [5, 5.41) is 0. The molecule has 0 saturated heterocycles. The summed E-state index contributed by atoms with van der Waals surface area (Å²) in [6, 6.07) is 0. The zero-order valence-corrected chi connectivity index (χ0v) is 6.77. The van der Waals surface area contributed by atoms with Crippen molar-refractivity contribution in [3.63, 3.8) is 0 Å². The Hall–Kier alpha value is 0.688. The van der Waals surface area contributed by atoms with E-state index in [1.54, 1.807) is 0 Å². The number of rotatable bonds is 1. The van der Waals surface area contributed by atoms with Gasteiger partial charge in [0.25, 0.3) is 0 Å². The van der Waals surface area contributed by atoms with Gasteiger partial charge in [-0.3, -0.25) is 0 Å². The molecule has 0 bridgehead atoms. The van der Waals surface area contributed by atoms with E-state index in [0.29, 0.717) is 0 Å². The molecule has 0 unspecified atom stereocenters. The van der Waals surface area contributed by atoms with Crippen LogP contribution in [0.25, 0.3) is 0 Å². The fourth-order valence-electron chi connectivity index (χ4n) is 0. The Morgan fingerprint density at radius 1 is 1.67 bits per heavy atom. The summed E-state index contributed by atoms with van der Waals surface area (Å²) in [7, 11) is -4.10. The molecule has 0 spiro atoms. The summed E-state index contributed by atoms with van der Waals surface area (Å²) in [4.78, 5) is 0. The molecular weight excluding hydrogens is 218 g/mol. The topological polar surface area (TPSA) is 63.6 Å². The first-order valence-corrected chi connectivity index (χ1v) is 3.63. The zero-order valence-electron chi connectivity index (χ0n) is 2.66. The summed E-state index contributed by atoms with van der Waals surface area (Å²) in [6.07, 6.45) is 0. The van der Waals surface area contributed by atoms with Gasteiger partial charge in [0.15, 0.2) is 0 Å². The van der Waals surface area contributed by atoms with Crippen LogP contribution >= 0.6 is 0 Å². The molecule has 0 amide bonds. The van der Waals surface area contributed by atoms with E-state index in [1.165, 1.54) is 0 Å². The van der Waals surface area contributed by atoms with Crippen LogP contribution in [-0.4, -0.2) is 36.4 Å². The van der Waals surface area contributed by atoms with Crippen molar-refractivity contribution < 1.29 is 15.4 Å². The van der Waals surface area contributed by atoms with Gasteiger partial charge in [-0.15, -0.1) is 0 Å².